The largest absolute Gasteiger partial charge is 0.497 e. The van der Waals surface area contributed by atoms with Gasteiger partial charge < -0.3 is 19.8 Å². The van der Waals surface area contributed by atoms with Gasteiger partial charge in [0.15, 0.2) is 0 Å². The Bertz CT molecular complexity index is 534. The Kier molecular flexibility index (Phi) is 5.69. The topological polar surface area (TPSA) is 49.4 Å². The standard InChI is InChI=1S/C17H24N2O2/c1-3-4-17(18)14-9-10-19(13-14)11-12-21-16-7-5-15(20-2)6-8-16/h5-10,13,17H,3-4,11-12,18H2,1-2H3. The smallest absolute Gasteiger partial charge is 0.119 e. The predicted molar refractivity (Wildman–Crippen MR) is 84.8 cm³/mol. The summed E-state index contributed by atoms with van der Waals surface area (Å²) in [6, 6.07) is 9.85. The molecule has 0 aliphatic rings. The zero-order valence-corrected chi connectivity index (χ0v) is 12.8. The van der Waals surface area contributed by atoms with Gasteiger partial charge in [0, 0.05) is 18.4 Å². The number of benzene rings is 1. The lowest BCUT2D eigenvalue weighted by molar-refractivity contribution is 0.298. The molecule has 0 bridgehead atoms. The highest BCUT2D eigenvalue weighted by atomic mass is 16.5. The van der Waals surface area contributed by atoms with Crippen molar-refractivity contribution in [1.29, 1.82) is 0 Å². The Morgan fingerprint density at radius 3 is 2.52 bits per heavy atom. The van der Waals surface area contributed by atoms with E-state index in [2.05, 4.69) is 30.0 Å². The van der Waals surface area contributed by atoms with E-state index in [9.17, 15) is 0 Å². The van der Waals surface area contributed by atoms with Crippen molar-refractivity contribution in [2.75, 3.05) is 13.7 Å². The first-order valence-corrected chi connectivity index (χ1v) is 7.41. The summed E-state index contributed by atoms with van der Waals surface area (Å²) in [5.41, 5.74) is 7.31. The van der Waals surface area contributed by atoms with Crippen LogP contribution in [0.2, 0.25) is 0 Å². The van der Waals surface area contributed by atoms with Gasteiger partial charge in [-0.15, -0.1) is 0 Å². The summed E-state index contributed by atoms with van der Waals surface area (Å²) in [6.45, 7) is 3.59. The zero-order chi connectivity index (χ0) is 15.1. The third-order valence-electron chi connectivity index (χ3n) is 3.48. The van der Waals surface area contributed by atoms with E-state index in [0.717, 1.165) is 30.9 Å². The van der Waals surface area contributed by atoms with Crippen LogP contribution in [-0.4, -0.2) is 18.3 Å². The van der Waals surface area contributed by atoms with Crippen LogP contribution in [0, 0.1) is 0 Å². The average molecular weight is 288 g/mol. The lowest BCUT2D eigenvalue weighted by Crippen LogP contribution is -2.09. The highest BCUT2D eigenvalue weighted by Crippen LogP contribution is 2.18. The second-order valence-corrected chi connectivity index (χ2v) is 5.10. The molecule has 1 unspecified atom stereocenters. The maximum atomic E-state index is 6.11. The summed E-state index contributed by atoms with van der Waals surface area (Å²) in [5, 5.41) is 0. The van der Waals surface area contributed by atoms with Crippen molar-refractivity contribution in [2.45, 2.75) is 32.4 Å². The van der Waals surface area contributed by atoms with Gasteiger partial charge in [-0.1, -0.05) is 13.3 Å². The van der Waals surface area contributed by atoms with Crippen LogP contribution in [0.1, 0.15) is 31.4 Å². The maximum absolute atomic E-state index is 6.11. The third kappa shape index (κ3) is 4.53. The van der Waals surface area contributed by atoms with Gasteiger partial charge in [-0.05, 0) is 42.3 Å². The zero-order valence-electron chi connectivity index (χ0n) is 12.8. The summed E-state index contributed by atoms with van der Waals surface area (Å²) in [6.07, 6.45) is 6.29. The second kappa shape index (κ2) is 7.74. The Hall–Kier alpha value is -1.94. The summed E-state index contributed by atoms with van der Waals surface area (Å²) < 4.78 is 13.0. The number of rotatable bonds is 8. The maximum Gasteiger partial charge on any atom is 0.119 e. The molecule has 0 spiro atoms. The van der Waals surface area contributed by atoms with Crippen molar-refractivity contribution in [3.63, 3.8) is 0 Å². The molecule has 2 aromatic rings. The minimum atomic E-state index is 0.138. The summed E-state index contributed by atoms with van der Waals surface area (Å²) in [4.78, 5) is 0. The minimum Gasteiger partial charge on any atom is -0.497 e. The van der Waals surface area contributed by atoms with Crippen LogP contribution >= 0.6 is 0 Å². The van der Waals surface area contributed by atoms with Crippen molar-refractivity contribution in [3.8, 4) is 11.5 Å². The first kappa shape index (κ1) is 15.4. The van der Waals surface area contributed by atoms with E-state index in [-0.39, 0.29) is 6.04 Å². The van der Waals surface area contributed by atoms with Crippen LogP contribution in [0.25, 0.3) is 0 Å². The first-order chi connectivity index (χ1) is 10.2. The minimum absolute atomic E-state index is 0.138. The van der Waals surface area contributed by atoms with E-state index in [1.807, 2.05) is 24.3 Å². The quantitative estimate of drug-likeness (QED) is 0.810. The second-order valence-electron chi connectivity index (χ2n) is 5.10. The van der Waals surface area contributed by atoms with Gasteiger partial charge in [0.2, 0.25) is 0 Å². The van der Waals surface area contributed by atoms with Gasteiger partial charge in [-0.2, -0.15) is 0 Å². The SMILES string of the molecule is CCCC(N)c1ccn(CCOc2ccc(OC)cc2)c1. The van der Waals surface area contributed by atoms with E-state index in [1.54, 1.807) is 7.11 Å². The first-order valence-electron chi connectivity index (χ1n) is 7.41. The average Bonchev–Trinajstić information content (AvgIpc) is 2.97. The number of hydrogen-bond acceptors (Lipinski definition) is 3. The highest BCUT2D eigenvalue weighted by molar-refractivity contribution is 5.31. The Labute approximate surface area is 126 Å². The fourth-order valence-corrected chi connectivity index (χ4v) is 2.24. The molecular formula is C17H24N2O2. The Balaban J connectivity index is 1.80. The van der Waals surface area contributed by atoms with Crippen molar-refractivity contribution < 1.29 is 9.47 Å². The van der Waals surface area contributed by atoms with Crippen molar-refractivity contribution >= 4 is 0 Å². The molecule has 114 valence electrons. The summed E-state index contributed by atoms with van der Waals surface area (Å²) in [5.74, 6) is 1.69. The highest BCUT2D eigenvalue weighted by Gasteiger charge is 2.06. The van der Waals surface area contributed by atoms with E-state index in [1.165, 1.54) is 5.56 Å². The number of methoxy groups -OCH3 is 1. The molecule has 0 aliphatic carbocycles. The molecule has 0 amide bonds. The van der Waals surface area contributed by atoms with E-state index < -0.39 is 0 Å². The molecule has 4 nitrogen and oxygen atoms in total. The number of aromatic nitrogens is 1. The molecular weight excluding hydrogens is 264 g/mol. The summed E-state index contributed by atoms with van der Waals surface area (Å²) >= 11 is 0. The van der Waals surface area contributed by atoms with E-state index in [4.69, 9.17) is 15.2 Å². The van der Waals surface area contributed by atoms with Gasteiger partial charge in [0.25, 0.3) is 0 Å². The lowest BCUT2D eigenvalue weighted by Gasteiger charge is -2.09. The monoisotopic (exact) mass is 288 g/mol. The lowest BCUT2D eigenvalue weighted by atomic mass is 10.1. The number of nitrogens with zero attached hydrogens (tertiary/aromatic N) is 1. The van der Waals surface area contributed by atoms with Crippen molar-refractivity contribution in [1.82, 2.24) is 4.57 Å². The summed E-state index contributed by atoms with van der Waals surface area (Å²) in [7, 11) is 1.66. The number of ether oxygens (including phenoxy) is 2. The fraction of sp³-hybridized carbons (Fsp3) is 0.412. The van der Waals surface area contributed by atoms with E-state index in [0.29, 0.717) is 6.61 Å². The molecule has 1 aromatic carbocycles. The van der Waals surface area contributed by atoms with Gasteiger partial charge in [0.1, 0.15) is 18.1 Å². The van der Waals surface area contributed by atoms with Crippen molar-refractivity contribution in [3.05, 3.63) is 48.3 Å². The Morgan fingerprint density at radius 2 is 1.86 bits per heavy atom. The number of nitrogens with two attached hydrogens (primary N) is 1. The van der Waals surface area contributed by atoms with Gasteiger partial charge in [0.05, 0.1) is 13.7 Å². The van der Waals surface area contributed by atoms with E-state index >= 15 is 0 Å². The predicted octanol–water partition coefficient (Wildman–Crippen LogP) is 3.38. The van der Waals surface area contributed by atoms with Crippen LogP contribution in [0.5, 0.6) is 11.5 Å². The van der Waals surface area contributed by atoms with Crippen molar-refractivity contribution in [2.24, 2.45) is 5.73 Å². The molecule has 1 aromatic heterocycles. The molecule has 1 atom stereocenters. The molecule has 2 N–H and O–H groups in total. The molecule has 21 heavy (non-hydrogen) atoms. The van der Waals surface area contributed by atoms with Crippen LogP contribution in [0.15, 0.2) is 42.7 Å². The van der Waals surface area contributed by atoms with Crippen LogP contribution < -0.4 is 15.2 Å². The molecule has 0 radical (unpaired) electrons. The third-order valence-corrected chi connectivity index (χ3v) is 3.48. The normalized spacial score (nSPS) is 12.1. The molecule has 2 rings (SSSR count). The molecule has 0 saturated carbocycles. The van der Waals surface area contributed by atoms with Gasteiger partial charge >= 0.3 is 0 Å². The fourth-order valence-electron chi connectivity index (χ4n) is 2.24. The molecule has 0 saturated heterocycles. The number of hydrogen-bond donors (Lipinski definition) is 1. The van der Waals surface area contributed by atoms with Crippen LogP contribution in [-0.2, 0) is 6.54 Å². The van der Waals surface area contributed by atoms with Gasteiger partial charge in [-0.3, -0.25) is 0 Å². The molecule has 4 heteroatoms. The van der Waals surface area contributed by atoms with Crippen LogP contribution in [0.3, 0.4) is 0 Å². The Morgan fingerprint density at radius 1 is 1.14 bits per heavy atom. The molecule has 1 heterocycles. The molecule has 0 aliphatic heterocycles. The van der Waals surface area contributed by atoms with Gasteiger partial charge in [-0.25, -0.2) is 0 Å². The molecule has 0 fully saturated rings. The van der Waals surface area contributed by atoms with Crippen LogP contribution in [0.4, 0.5) is 0 Å².